The second-order valence-electron chi connectivity index (χ2n) is 17.0. The molecule has 0 bridgehead atoms. The quantitative estimate of drug-likeness (QED) is 0.0282. The number of nitrogens with zero attached hydrogens (tertiary/aromatic N) is 4. The van der Waals surface area contributed by atoms with Crippen LogP contribution in [0.2, 0.25) is 0 Å². The van der Waals surface area contributed by atoms with Crippen LogP contribution in [0.15, 0.2) is 0 Å². The summed E-state index contributed by atoms with van der Waals surface area (Å²) in [6.07, 6.45) is 8.90. The van der Waals surface area contributed by atoms with Crippen molar-refractivity contribution in [1.82, 2.24) is 46.2 Å². The molecular weight excluding hydrogens is 831 g/mol. The third-order valence-electron chi connectivity index (χ3n) is 12.4. The minimum Gasteiger partial charge on any atom is -0.480 e. The molecule has 4 aliphatic rings. The largest absolute Gasteiger partial charge is 0.480 e. The summed E-state index contributed by atoms with van der Waals surface area (Å²) in [6.45, 7) is 4.38. The molecule has 4 atom stereocenters. The Labute approximate surface area is 368 Å². The monoisotopic (exact) mass is 901 g/mol. The number of fused-ring (bicyclic) bond motifs is 1. The Hall–Kier alpha value is -3.35. The van der Waals surface area contributed by atoms with Gasteiger partial charge in [-0.2, -0.15) is 11.8 Å². The fourth-order valence-corrected chi connectivity index (χ4v) is 10.5. The predicted molar refractivity (Wildman–Crippen MR) is 230 cm³/mol. The van der Waals surface area contributed by atoms with Gasteiger partial charge in [-0.25, -0.2) is 19.4 Å². The smallest absolute Gasteiger partial charge is 0.321 e. The molecule has 9 N–H and O–H groups in total. The summed E-state index contributed by atoms with van der Waals surface area (Å²) in [5.41, 5.74) is 0. The molecule has 62 heavy (non-hydrogen) atoms. The number of urea groups is 2. The minimum atomic E-state index is -0.986. The zero-order valence-corrected chi connectivity index (χ0v) is 36.8. The molecule has 4 fully saturated rings. The third kappa shape index (κ3) is 19.6. The molecule has 3 aliphatic heterocycles. The van der Waals surface area contributed by atoms with Gasteiger partial charge in [0, 0.05) is 101 Å². The number of hydrogen-bond acceptors (Lipinski definition) is 15. The van der Waals surface area contributed by atoms with Crippen molar-refractivity contribution in [3.63, 3.8) is 0 Å². The second kappa shape index (κ2) is 28.4. The number of imide groups is 1. The average molecular weight is 902 g/mol. The SMILES string of the molecule is O=C(O)CN1CCN(CCOO)CCN(CCOO)CCN(CC(=O)O)C(CC2CCC(NC(=O)NC(=O)CCCCCNC(=O)CCCCC3SCC4NC(=O)NC43)CC2)C1. The highest BCUT2D eigenvalue weighted by molar-refractivity contribution is 8.00. The number of amides is 6. The van der Waals surface area contributed by atoms with Gasteiger partial charge in [-0.15, -0.1) is 0 Å². The van der Waals surface area contributed by atoms with Crippen LogP contribution in [-0.4, -0.2) is 203 Å². The molecule has 354 valence electrons. The number of thioether (sulfide) groups is 1. The van der Waals surface area contributed by atoms with Crippen LogP contribution in [0.1, 0.15) is 83.5 Å². The lowest BCUT2D eigenvalue weighted by Gasteiger charge is -2.40. The zero-order chi connectivity index (χ0) is 44.7. The molecule has 0 aromatic heterocycles. The maximum absolute atomic E-state index is 12.7. The molecule has 4 unspecified atom stereocenters. The fraction of sp³-hybridized carbons (Fsp3) is 0.850. The maximum Gasteiger partial charge on any atom is 0.321 e. The number of unbranched alkanes of at least 4 members (excludes halogenated alkanes) is 3. The van der Waals surface area contributed by atoms with Gasteiger partial charge in [-0.05, 0) is 63.7 Å². The molecule has 22 heteroatoms. The van der Waals surface area contributed by atoms with Crippen molar-refractivity contribution >= 4 is 47.6 Å². The molecule has 0 aromatic carbocycles. The molecule has 1 aliphatic carbocycles. The zero-order valence-electron chi connectivity index (χ0n) is 36.0. The van der Waals surface area contributed by atoms with Crippen molar-refractivity contribution < 1.29 is 59.3 Å². The Balaban J connectivity index is 1.15. The van der Waals surface area contributed by atoms with E-state index in [9.17, 15) is 39.0 Å². The summed E-state index contributed by atoms with van der Waals surface area (Å²) >= 11 is 1.87. The highest BCUT2D eigenvalue weighted by Gasteiger charge is 2.42. The van der Waals surface area contributed by atoms with Crippen molar-refractivity contribution in [2.75, 3.05) is 97.5 Å². The topological polar surface area (TPSA) is 275 Å². The Morgan fingerprint density at radius 3 is 2.03 bits per heavy atom. The van der Waals surface area contributed by atoms with Crippen LogP contribution in [0.25, 0.3) is 0 Å². The fourth-order valence-electron chi connectivity index (χ4n) is 8.99. The van der Waals surface area contributed by atoms with E-state index in [-0.39, 0.29) is 80.7 Å². The van der Waals surface area contributed by atoms with Crippen LogP contribution in [0.3, 0.4) is 0 Å². The highest BCUT2D eigenvalue weighted by atomic mass is 32.2. The first-order valence-corrected chi connectivity index (χ1v) is 23.4. The van der Waals surface area contributed by atoms with E-state index in [1.165, 1.54) is 0 Å². The second-order valence-corrected chi connectivity index (χ2v) is 18.3. The van der Waals surface area contributed by atoms with E-state index in [0.717, 1.165) is 50.7 Å². The summed E-state index contributed by atoms with van der Waals surface area (Å²) < 4.78 is 0. The van der Waals surface area contributed by atoms with Crippen molar-refractivity contribution in [3.8, 4) is 0 Å². The molecule has 0 radical (unpaired) electrons. The highest BCUT2D eigenvalue weighted by Crippen LogP contribution is 2.33. The van der Waals surface area contributed by atoms with E-state index in [1.807, 2.05) is 21.6 Å². The van der Waals surface area contributed by atoms with Gasteiger partial charge >= 0.3 is 24.0 Å². The van der Waals surface area contributed by atoms with Crippen LogP contribution in [0, 0.1) is 5.92 Å². The van der Waals surface area contributed by atoms with Crippen LogP contribution in [0.4, 0.5) is 9.59 Å². The number of carboxylic acid groups (broad SMARTS) is 2. The van der Waals surface area contributed by atoms with Gasteiger partial charge in [-0.1, -0.05) is 12.8 Å². The lowest BCUT2D eigenvalue weighted by molar-refractivity contribution is -0.245. The van der Waals surface area contributed by atoms with Crippen molar-refractivity contribution in [1.29, 1.82) is 0 Å². The summed E-state index contributed by atoms with van der Waals surface area (Å²) in [5.74, 6) is -1.20. The molecule has 0 aromatic rings. The lowest BCUT2D eigenvalue weighted by Crippen LogP contribution is -2.53. The van der Waals surface area contributed by atoms with E-state index in [0.29, 0.717) is 103 Å². The molecule has 1 saturated carbocycles. The number of nitrogens with one attached hydrogen (secondary N) is 5. The summed E-state index contributed by atoms with van der Waals surface area (Å²) in [7, 11) is 0. The van der Waals surface area contributed by atoms with Gasteiger partial charge in [0.2, 0.25) is 11.8 Å². The van der Waals surface area contributed by atoms with E-state index in [1.54, 1.807) is 0 Å². The number of rotatable bonds is 24. The molecule has 6 amide bonds. The summed E-state index contributed by atoms with van der Waals surface area (Å²) in [6, 6.07) is -0.647. The van der Waals surface area contributed by atoms with E-state index in [4.69, 9.17) is 10.5 Å². The molecular formula is C40H71N9O12S. The third-order valence-corrected chi connectivity index (χ3v) is 13.9. The molecule has 3 saturated heterocycles. The predicted octanol–water partition coefficient (Wildman–Crippen LogP) is 0.902. The molecule has 0 spiro atoms. The summed E-state index contributed by atoms with van der Waals surface area (Å²) in [4.78, 5) is 89.7. The normalized spacial score (nSPS) is 25.7. The van der Waals surface area contributed by atoms with Crippen LogP contribution in [-0.2, 0) is 29.0 Å². The van der Waals surface area contributed by atoms with Gasteiger partial charge < -0.3 is 31.5 Å². The van der Waals surface area contributed by atoms with E-state index >= 15 is 0 Å². The Bertz CT molecular complexity index is 1410. The van der Waals surface area contributed by atoms with Crippen LogP contribution in [0.5, 0.6) is 0 Å². The first-order chi connectivity index (χ1) is 29.9. The van der Waals surface area contributed by atoms with Gasteiger partial charge in [0.15, 0.2) is 0 Å². The number of carbonyl (C=O) groups excluding carboxylic acids is 4. The van der Waals surface area contributed by atoms with Crippen molar-refractivity contribution in [2.24, 2.45) is 5.92 Å². The Morgan fingerprint density at radius 1 is 0.742 bits per heavy atom. The summed E-state index contributed by atoms with van der Waals surface area (Å²) in [5, 5.41) is 52.3. The standard InChI is InChI=1S/C40H71N9O12S/c50-34(7-4-3-6-33-38-32(28-62-33)43-40(57)45-38)41-13-5-1-2-8-35(51)44-39(56)42-30-11-9-29(10-12-30)24-31-25-48(26-36(52)53)17-16-46(20-22-60-58)14-15-47(21-23-61-59)18-19-49(31)27-37(54)55/h29-33,38,58-59H,1-28H2,(H,41,50)(H,52,53)(H,54,55)(H2,43,45,57)(H2,42,44,51,56). The molecule has 4 rings (SSSR count). The van der Waals surface area contributed by atoms with E-state index < -0.39 is 18.0 Å². The van der Waals surface area contributed by atoms with Crippen LogP contribution >= 0.6 is 11.8 Å². The van der Waals surface area contributed by atoms with Gasteiger partial charge in [-0.3, -0.25) is 54.6 Å². The van der Waals surface area contributed by atoms with Gasteiger partial charge in [0.1, 0.15) is 0 Å². The molecule has 21 nitrogen and oxygen atoms in total. The van der Waals surface area contributed by atoms with E-state index in [2.05, 4.69) is 46.2 Å². The van der Waals surface area contributed by atoms with Crippen molar-refractivity contribution in [2.45, 2.75) is 113 Å². The number of hydrogen-bond donors (Lipinski definition) is 9. The number of carboxylic acids is 2. The Kier molecular flexibility index (Phi) is 23.5. The average Bonchev–Trinajstić information content (AvgIpc) is 3.78. The van der Waals surface area contributed by atoms with Gasteiger partial charge in [0.25, 0.3) is 0 Å². The maximum atomic E-state index is 12.7. The first kappa shape index (κ1) is 51.3. The lowest BCUT2D eigenvalue weighted by atomic mass is 9.82. The first-order valence-electron chi connectivity index (χ1n) is 22.4. The number of aliphatic carboxylic acids is 2. The van der Waals surface area contributed by atoms with Crippen molar-refractivity contribution in [3.05, 3.63) is 0 Å². The minimum absolute atomic E-state index is 0.0122. The van der Waals surface area contributed by atoms with Crippen LogP contribution < -0.4 is 26.6 Å². The van der Waals surface area contributed by atoms with Gasteiger partial charge in [0.05, 0.1) is 38.4 Å². The number of carbonyl (C=O) groups is 6. The molecule has 3 heterocycles. The Morgan fingerprint density at radius 2 is 1.37 bits per heavy atom.